The van der Waals surface area contributed by atoms with Crippen LogP contribution in [0.3, 0.4) is 0 Å². The summed E-state index contributed by atoms with van der Waals surface area (Å²) < 4.78 is 0. The zero-order valence-corrected chi connectivity index (χ0v) is 9.99. The summed E-state index contributed by atoms with van der Waals surface area (Å²) in [6.45, 7) is 3.50. The van der Waals surface area contributed by atoms with Crippen molar-refractivity contribution in [3.05, 3.63) is 34.9 Å². The van der Waals surface area contributed by atoms with Gasteiger partial charge in [-0.15, -0.1) is 0 Å². The van der Waals surface area contributed by atoms with Crippen LogP contribution in [0.2, 0.25) is 0 Å². The Labute approximate surface area is 101 Å². The molecule has 0 saturated carbocycles. The fourth-order valence-corrected chi connectivity index (χ4v) is 1.57. The lowest BCUT2D eigenvalue weighted by Crippen LogP contribution is -2.18. The van der Waals surface area contributed by atoms with Crippen LogP contribution in [-0.2, 0) is 11.3 Å². The predicted octanol–water partition coefficient (Wildman–Crippen LogP) is 1.22. The zero-order chi connectivity index (χ0) is 12.7. The number of hydrogen-bond donors (Lipinski definition) is 2. The SMILES string of the molecule is Cc1cc(C#N)ccc1CNCCCC(N)=O. The van der Waals surface area contributed by atoms with Crippen molar-refractivity contribution in [1.29, 1.82) is 5.26 Å². The highest BCUT2D eigenvalue weighted by Gasteiger charge is 2.00. The molecule has 1 aromatic carbocycles. The molecular formula is C13H17N3O. The Balaban J connectivity index is 2.37. The number of rotatable bonds is 6. The number of benzene rings is 1. The van der Waals surface area contributed by atoms with Crippen molar-refractivity contribution in [2.75, 3.05) is 6.54 Å². The molecule has 0 aliphatic rings. The lowest BCUT2D eigenvalue weighted by molar-refractivity contribution is -0.118. The van der Waals surface area contributed by atoms with Gasteiger partial charge in [-0.1, -0.05) is 6.07 Å². The van der Waals surface area contributed by atoms with E-state index >= 15 is 0 Å². The molecule has 1 amide bonds. The van der Waals surface area contributed by atoms with Crippen LogP contribution in [-0.4, -0.2) is 12.5 Å². The van der Waals surface area contributed by atoms with Gasteiger partial charge in [-0.2, -0.15) is 5.26 Å². The zero-order valence-electron chi connectivity index (χ0n) is 9.99. The van der Waals surface area contributed by atoms with Gasteiger partial charge in [0.1, 0.15) is 0 Å². The number of carbonyl (C=O) groups is 1. The molecule has 0 aliphatic heterocycles. The first-order valence-corrected chi connectivity index (χ1v) is 5.62. The predicted molar refractivity (Wildman–Crippen MR) is 66.0 cm³/mol. The molecular weight excluding hydrogens is 214 g/mol. The molecule has 1 rings (SSSR count). The molecule has 3 N–H and O–H groups in total. The third-order valence-corrected chi connectivity index (χ3v) is 2.56. The standard InChI is InChI=1S/C13H17N3O/c1-10-7-11(8-14)4-5-12(10)9-16-6-2-3-13(15)17/h4-5,7,16H,2-3,6,9H2,1H3,(H2,15,17). The molecule has 0 unspecified atom stereocenters. The Morgan fingerprint density at radius 3 is 2.88 bits per heavy atom. The number of hydrogen-bond acceptors (Lipinski definition) is 3. The van der Waals surface area contributed by atoms with E-state index in [4.69, 9.17) is 11.0 Å². The smallest absolute Gasteiger partial charge is 0.217 e. The first kappa shape index (κ1) is 13.2. The fourth-order valence-electron chi connectivity index (χ4n) is 1.57. The van der Waals surface area contributed by atoms with Crippen LogP contribution >= 0.6 is 0 Å². The van der Waals surface area contributed by atoms with E-state index in [2.05, 4.69) is 11.4 Å². The minimum atomic E-state index is -0.263. The molecule has 1 aromatic rings. The van der Waals surface area contributed by atoms with Gasteiger partial charge < -0.3 is 11.1 Å². The summed E-state index contributed by atoms with van der Waals surface area (Å²) in [5.74, 6) is -0.263. The first-order valence-electron chi connectivity index (χ1n) is 5.62. The summed E-state index contributed by atoms with van der Waals surface area (Å²) in [4.78, 5) is 10.5. The van der Waals surface area contributed by atoms with E-state index in [1.807, 2.05) is 25.1 Å². The number of nitrogens with one attached hydrogen (secondary N) is 1. The maximum absolute atomic E-state index is 10.5. The minimum Gasteiger partial charge on any atom is -0.370 e. The van der Waals surface area contributed by atoms with Gasteiger partial charge in [-0.3, -0.25) is 4.79 Å². The molecule has 0 aromatic heterocycles. The molecule has 0 bridgehead atoms. The van der Waals surface area contributed by atoms with Crippen molar-refractivity contribution >= 4 is 5.91 Å². The van der Waals surface area contributed by atoms with E-state index in [0.29, 0.717) is 12.0 Å². The average Bonchev–Trinajstić information content (AvgIpc) is 2.30. The molecule has 4 heteroatoms. The second-order valence-corrected chi connectivity index (χ2v) is 4.00. The van der Waals surface area contributed by atoms with Crippen molar-refractivity contribution in [1.82, 2.24) is 5.32 Å². The minimum absolute atomic E-state index is 0.263. The lowest BCUT2D eigenvalue weighted by atomic mass is 10.1. The van der Waals surface area contributed by atoms with Crippen molar-refractivity contribution in [2.24, 2.45) is 5.73 Å². The van der Waals surface area contributed by atoms with E-state index in [0.717, 1.165) is 25.1 Å². The van der Waals surface area contributed by atoms with Gasteiger partial charge in [0.2, 0.25) is 5.91 Å². The lowest BCUT2D eigenvalue weighted by Gasteiger charge is -2.07. The number of nitrogens with two attached hydrogens (primary N) is 1. The number of nitriles is 1. The Bertz CT molecular complexity index is 435. The van der Waals surface area contributed by atoms with E-state index in [1.165, 1.54) is 5.56 Å². The number of primary amides is 1. The van der Waals surface area contributed by atoms with Gasteiger partial charge in [0.15, 0.2) is 0 Å². The van der Waals surface area contributed by atoms with Crippen LogP contribution in [0.15, 0.2) is 18.2 Å². The first-order chi connectivity index (χ1) is 8.13. The summed E-state index contributed by atoms with van der Waals surface area (Å²) in [6, 6.07) is 7.75. The van der Waals surface area contributed by atoms with Crippen LogP contribution in [0.25, 0.3) is 0 Å². The molecule has 4 nitrogen and oxygen atoms in total. The molecule has 0 fully saturated rings. The Morgan fingerprint density at radius 2 is 2.29 bits per heavy atom. The molecule has 0 aliphatic carbocycles. The van der Waals surface area contributed by atoms with Crippen LogP contribution in [0.4, 0.5) is 0 Å². The summed E-state index contributed by atoms with van der Waals surface area (Å²) in [6.07, 6.45) is 1.17. The van der Waals surface area contributed by atoms with Gasteiger partial charge >= 0.3 is 0 Å². The van der Waals surface area contributed by atoms with E-state index in [-0.39, 0.29) is 5.91 Å². The highest BCUT2D eigenvalue weighted by atomic mass is 16.1. The van der Waals surface area contributed by atoms with Crippen LogP contribution in [0.1, 0.15) is 29.5 Å². The van der Waals surface area contributed by atoms with Crippen LogP contribution in [0, 0.1) is 18.3 Å². The molecule has 90 valence electrons. The maximum atomic E-state index is 10.5. The van der Waals surface area contributed by atoms with Gasteiger partial charge in [0.05, 0.1) is 11.6 Å². The number of aryl methyl sites for hydroxylation is 1. The highest BCUT2D eigenvalue weighted by molar-refractivity contribution is 5.73. The number of carbonyl (C=O) groups excluding carboxylic acids is 1. The molecule has 0 atom stereocenters. The fraction of sp³-hybridized carbons (Fsp3) is 0.385. The third-order valence-electron chi connectivity index (χ3n) is 2.56. The van der Waals surface area contributed by atoms with Gasteiger partial charge in [0, 0.05) is 13.0 Å². The number of amides is 1. The van der Waals surface area contributed by atoms with Gasteiger partial charge in [0.25, 0.3) is 0 Å². The van der Waals surface area contributed by atoms with E-state index in [1.54, 1.807) is 0 Å². The molecule has 0 radical (unpaired) electrons. The Kier molecular flexibility index (Phi) is 5.18. The summed E-state index contributed by atoms with van der Waals surface area (Å²) in [5.41, 5.74) is 8.00. The second kappa shape index (κ2) is 6.66. The van der Waals surface area contributed by atoms with Crippen LogP contribution < -0.4 is 11.1 Å². The summed E-state index contributed by atoms with van der Waals surface area (Å²) in [5, 5.41) is 12.0. The largest absolute Gasteiger partial charge is 0.370 e. The average molecular weight is 231 g/mol. The summed E-state index contributed by atoms with van der Waals surface area (Å²) >= 11 is 0. The Morgan fingerprint density at radius 1 is 1.53 bits per heavy atom. The quantitative estimate of drug-likeness (QED) is 0.722. The molecule has 0 saturated heterocycles. The molecule has 17 heavy (non-hydrogen) atoms. The van der Waals surface area contributed by atoms with E-state index < -0.39 is 0 Å². The Hall–Kier alpha value is -1.86. The summed E-state index contributed by atoms with van der Waals surface area (Å²) in [7, 11) is 0. The van der Waals surface area contributed by atoms with Crippen molar-refractivity contribution in [3.8, 4) is 6.07 Å². The second-order valence-electron chi connectivity index (χ2n) is 4.00. The monoisotopic (exact) mass is 231 g/mol. The van der Waals surface area contributed by atoms with Crippen molar-refractivity contribution in [2.45, 2.75) is 26.3 Å². The van der Waals surface area contributed by atoms with Gasteiger partial charge in [-0.05, 0) is 43.1 Å². The van der Waals surface area contributed by atoms with Crippen molar-refractivity contribution < 1.29 is 4.79 Å². The van der Waals surface area contributed by atoms with Gasteiger partial charge in [-0.25, -0.2) is 0 Å². The topological polar surface area (TPSA) is 78.9 Å². The number of nitrogens with zero attached hydrogens (tertiary/aromatic N) is 1. The van der Waals surface area contributed by atoms with Crippen molar-refractivity contribution in [3.63, 3.8) is 0 Å². The van der Waals surface area contributed by atoms with Crippen LogP contribution in [0.5, 0.6) is 0 Å². The molecule has 0 spiro atoms. The maximum Gasteiger partial charge on any atom is 0.217 e. The molecule has 0 heterocycles. The highest BCUT2D eigenvalue weighted by Crippen LogP contribution is 2.10. The third kappa shape index (κ3) is 4.66. The van der Waals surface area contributed by atoms with E-state index in [9.17, 15) is 4.79 Å². The normalized spacial score (nSPS) is 9.88.